The molecular weight excluding hydrogens is 389 g/mol. The van der Waals surface area contributed by atoms with Gasteiger partial charge in [0.05, 0.1) is 6.61 Å². The molecule has 0 aliphatic heterocycles. The fraction of sp³-hybridized carbons (Fsp3) is 0.588. The lowest BCUT2D eigenvalue weighted by Crippen LogP contribution is -2.38. The number of guanidine groups is 1. The van der Waals surface area contributed by atoms with Crippen LogP contribution in [0.25, 0.3) is 0 Å². The Kier molecular flexibility index (Phi) is 12.0. The van der Waals surface area contributed by atoms with Gasteiger partial charge in [-0.3, -0.25) is 4.99 Å². The molecule has 0 saturated heterocycles. The average Bonchev–Trinajstić information content (AvgIpc) is 2.49. The van der Waals surface area contributed by atoms with E-state index in [0.717, 1.165) is 44.2 Å². The Labute approximate surface area is 152 Å². The number of nitrogens with one attached hydrogen (secondary N) is 2. The monoisotopic (exact) mass is 419 g/mol. The maximum absolute atomic E-state index is 5.68. The smallest absolute Gasteiger partial charge is 0.190 e. The van der Waals surface area contributed by atoms with Crippen LogP contribution < -0.4 is 15.4 Å². The molecule has 0 atom stereocenters. The predicted molar refractivity (Wildman–Crippen MR) is 106 cm³/mol. The summed E-state index contributed by atoms with van der Waals surface area (Å²) >= 11 is 0. The Morgan fingerprint density at radius 2 is 1.77 bits per heavy atom. The van der Waals surface area contributed by atoms with Crippen LogP contribution in [0, 0.1) is 5.92 Å². The van der Waals surface area contributed by atoms with Crippen LogP contribution in [-0.4, -0.2) is 32.7 Å². The Balaban J connectivity index is 0.00000441. The highest BCUT2D eigenvalue weighted by Crippen LogP contribution is 2.13. The molecule has 0 heterocycles. The molecule has 0 aliphatic carbocycles. The van der Waals surface area contributed by atoms with Gasteiger partial charge in [0.1, 0.15) is 5.75 Å². The van der Waals surface area contributed by atoms with E-state index in [2.05, 4.69) is 48.5 Å². The number of hydrogen-bond acceptors (Lipinski definition) is 2. The molecule has 126 valence electrons. The number of nitrogens with zero attached hydrogens (tertiary/aromatic N) is 1. The number of aliphatic imine (C=N–C) groups is 1. The van der Waals surface area contributed by atoms with Gasteiger partial charge in [0.2, 0.25) is 0 Å². The zero-order valence-electron chi connectivity index (χ0n) is 14.2. The lowest BCUT2D eigenvalue weighted by Gasteiger charge is -2.11. The van der Waals surface area contributed by atoms with Crippen molar-refractivity contribution >= 4 is 29.9 Å². The molecule has 0 saturated carbocycles. The molecule has 1 aromatic carbocycles. The SMILES string of the molecule is CCCNC(=NC)NCCc1ccc(OCC(C)C)cc1.I. The maximum Gasteiger partial charge on any atom is 0.190 e. The molecule has 1 aromatic rings. The van der Waals surface area contributed by atoms with E-state index in [9.17, 15) is 0 Å². The minimum absolute atomic E-state index is 0. The summed E-state index contributed by atoms with van der Waals surface area (Å²) in [4.78, 5) is 4.19. The van der Waals surface area contributed by atoms with Gasteiger partial charge in [0.25, 0.3) is 0 Å². The van der Waals surface area contributed by atoms with Crippen LogP contribution in [-0.2, 0) is 6.42 Å². The first-order chi connectivity index (χ1) is 10.2. The molecule has 0 unspecified atom stereocenters. The van der Waals surface area contributed by atoms with Gasteiger partial charge in [-0.1, -0.05) is 32.9 Å². The van der Waals surface area contributed by atoms with Crippen molar-refractivity contribution in [3.8, 4) is 5.75 Å². The molecule has 0 bridgehead atoms. The zero-order chi connectivity index (χ0) is 15.5. The van der Waals surface area contributed by atoms with E-state index in [1.54, 1.807) is 7.05 Å². The van der Waals surface area contributed by atoms with Gasteiger partial charge in [0, 0.05) is 20.1 Å². The largest absolute Gasteiger partial charge is 0.493 e. The normalized spacial score (nSPS) is 11.0. The molecular formula is C17H30IN3O. The van der Waals surface area contributed by atoms with Gasteiger partial charge < -0.3 is 15.4 Å². The third kappa shape index (κ3) is 9.12. The molecule has 1 rings (SSSR count). The lowest BCUT2D eigenvalue weighted by molar-refractivity contribution is 0.271. The zero-order valence-corrected chi connectivity index (χ0v) is 16.5. The second-order valence-corrected chi connectivity index (χ2v) is 5.52. The molecule has 0 aliphatic rings. The first-order valence-corrected chi connectivity index (χ1v) is 7.82. The van der Waals surface area contributed by atoms with Crippen molar-refractivity contribution in [2.24, 2.45) is 10.9 Å². The van der Waals surface area contributed by atoms with Gasteiger partial charge in [0.15, 0.2) is 5.96 Å². The van der Waals surface area contributed by atoms with E-state index in [1.807, 2.05) is 12.1 Å². The van der Waals surface area contributed by atoms with Crippen LogP contribution in [0.4, 0.5) is 0 Å². The molecule has 0 aromatic heterocycles. The molecule has 0 radical (unpaired) electrons. The van der Waals surface area contributed by atoms with Crippen LogP contribution in [0.3, 0.4) is 0 Å². The fourth-order valence-electron chi connectivity index (χ4n) is 1.80. The molecule has 2 N–H and O–H groups in total. The summed E-state index contributed by atoms with van der Waals surface area (Å²) in [6, 6.07) is 8.34. The molecule has 0 spiro atoms. The van der Waals surface area contributed by atoms with Crippen LogP contribution in [0.2, 0.25) is 0 Å². The third-order valence-corrected chi connectivity index (χ3v) is 2.98. The molecule has 0 fully saturated rings. The highest BCUT2D eigenvalue weighted by Gasteiger charge is 1.99. The second kappa shape index (κ2) is 12.6. The van der Waals surface area contributed by atoms with Crippen LogP contribution in [0.1, 0.15) is 32.8 Å². The Morgan fingerprint density at radius 1 is 1.14 bits per heavy atom. The standard InChI is InChI=1S/C17H29N3O.HI/c1-5-11-19-17(18-4)20-12-10-15-6-8-16(9-7-15)21-13-14(2)3;/h6-9,14H,5,10-13H2,1-4H3,(H2,18,19,20);1H. The van der Waals surface area contributed by atoms with E-state index in [0.29, 0.717) is 5.92 Å². The van der Waals surface area contributed by atoms with Crippen LogP contribution in [0.15, 0.2) is 29.3 Å². The fourth-order valence-corrected chi connectivity index (χ4v) is 1.80. The van der Waals surface area contributed by atoms with E-state index in [1.165, 1.54) is 5.56 Å². The minimum atomic E-state index is 0. The van der Waals surface area contributed by atoms with Gasteiger partial charge in [-0.15, -0.1) is 24.0 Å². The maximum atomic E-state index is 5.68. The van der Waals surface area contributed by atoms with Crippen molar-refractivity contribution in [1.29, 1.82) is 0 Å². The van der Waals surface area contributed by atoms with Crippen molar-refractivity contribution in [3.63, 3.8) is 0 Å². The summed E-state index contributed by atoms with van der Waals surface area (Å²) in [6.07, 6.45) is 2.07. The molecule has 5 heteroatoms. The topological polar surface area (TPSA) is 45.7 Å². The quantitative estimate of drug-likeness (QED) is 0.386. The Hall–Kier alpha value is -0.980. The van der Waals surface area contributed by atoms with Gasteiger partial charge in [-0.2, -0.15) is 0 Å². The van der Waals surface area contributed by atoms with Gasteiger partial charge in [-0.05, 0) is 36.5 Å². The van der Waals surface area contributed by atoms with Crippen molar-refractivity contribution in [3.05, 3.63) is 29.8 Å². The lowest BCUT2D eigenvalue weighted by atomic mass is 10.1. The van der Waals surface area contributed by atoms with Crippen LogP contribution >= 0.6 is 24.0 Å². The Bertz CT molecular complexity index is 418. The number of rotatable bonds is 8. The number of halogens is 1. The summed E-state index contributed by atoms with van der Waals surface area (Å²) in [5, 5.41) is 6.58. The number of ether oxygens (including phenoxy) is 1. The minimum Gasteiger partial charge on any atom is -0.493 e. The average molecular weight is 419 g/mol. The van der Waals surface area contributed by atoms with E-state index in [4.69, 9.17) is 4.74 Å². The number of hydrogen-bond donors (Lipinski definition) is 2. The molecule has 0 amide bonds. The highest BCUT2D eigenvalue weighted by molar-refractivity contribution is 14.0. The highest BCUT2D eigenvalue weighted by atomic mass is 127. The van der Waals surface area contributed by atoms with Gasteiger partial charge >= 0.3 is 0 Å². The summed E-state index contributed by atoms with van der Waals surface area (Å²) < 4.78 is 5.68. The van der Waals surface area contributed by atoms with Crippen LogP contribution in [0.5, 0.6) is 5.75 Å². The van der Waals surface area contributed by atoms with E-state index in [-0.39, 0.29) is 24.0 Å². The summed E-state index contributed by atoms with van der Waals surface area (Å²) in [5.41, 5.74) is 1.30. The van der Waals surface area contributed by atoms with Crippen molar-refractivity contribution in [2.75, 3.05) is 26.7 Å². The third-order valence-electron chi connectivity index (χ3n) is 2.98. The Morgan fingerprint density at radius 3 is 2.32 bits per heavy atom. The summed E-state index contributed by atoms with van der Waals surface area (Å²) in [6.45, 7) is 9.03. The van der Waals surface area contributed by atoms with Gasteiger partial charge in [-0.25, -0.2) is 0 Å². The van der Waals surface area contributed by atoms with E-state index >= 15 is 0 Å². The van der Waals surface area contributed by atoms with Crippen molar-refractivity contribution in [1.82, 2.24) is 10.6 Å². The second-order valence-electron chi connectivity index (χ2n) is 5.52. The molecule has 22 heavy (non-hydrogen) atoms. The summed E-state index contributed by atoms with van der Waals surface area (Å²) in [5.74, 6) is 2.37. The van der Waals surface area contributed by atoms with Crippen molar-refractivity contribution < 1.29 is 4.74 Å². The first-order valence-electron chi connectivity index (χ1n) is 7.82. The predicted octanol–water partition coefficient (Wildman–Crippen LogP) is 3.46. The number of benzene rings is 1. The van der Waals surface area contributed by atoms with E-state index < -0.39 is 0 Å². The van der Waals surface area contributed by atoms with Crippen molar-refractivity contribution in [2.45, 2.75) is 33.6 Å². The first kappa shape index (κ1) is 21.0. The molecule has 4 nitrogen and oxygen atoms in total. The summed E-state index contributed by atoms with van der Waals surface area (Å²) in [7, 11) is 1.80.